The average Bonchev–Trinajstić information content (AvgIpc) is 0.847. The van der Waals surface area contributed by atoms with Crippen LogP contribution in [-0.4, -0.2) is 163 Å². The van der Waals surface area contributed by atoms with E-state index in [2.05, 4.69) is 53.2 Å². The third kappa shape index (κ3) is 34.8. The number of hydrogen-bond acceptors (Lipinski definition) is 18. The smallest absolute Gasteiger partial charge is 0.333 e. The molecule has 2 aliphatic rings. The van der Waals surface area contributed by atoms with E-state index in [4.69, 9.17) is 18.9 Å². The van der Waals surface area contributed by atoms with E-state index in [0.717, 1.165) is 98.0 Å². The van der Waals surface area contributed by atoms with E-state index in [9.17, 15) is 67.4 Å². The lowest BCUT2D eigenvalue weighted by Gasteiger charge is -2.32. The van der Waals surface area contributed by atoms with Crippen LogP contribution >= 0.6 is 0 Å². The van der Waals surface area contributed by atoms with E-state index >= 15 is 0 Å². The van der Waals surface area contributed by atoms with Gasteiger partial charge < -0.3 is 77.2 Å². The number of carbonyl (C=O) groups excluding carboxylic acids is 13. The van der Waals surface area contributed by atoms with E-state index < -0.39 is 144 Å². The van der Waals surface area contributed by atoms with Gasteiger partial charge in [-0.15, -0.1) is 0 Å². The second kappa shape index (κ2) is 51.3. The van der Waals surface area contributed by atoms with Gasteiger partial charge >= 0.3 is 11.9 Å². The highest BCUT2D eigenvalue weighted by Gasteiger charge is 2.39. The zero-order valence-electron chi connectivity index (χ0n) is 73.4. The molecule has 9 atom stereocenters. The summed E-state index contributed by atoms with van der Waals surface area (Å²) >= 11 is 0. The van der Waals surface area contributed by atoms with Gasteiger partial charge in [-0.25, -0.2) is 9.59 Å². The number of hydrogen-bond donors (Lipinski definition) is 11. The largest absolute Gasteiger partial charge is 0.497 e. The number of esters is 2. The van der Waals surface area contributed by atoms with Crippen molar-refractivity contribution >= 4 is 76.8 Å². The van der Waals surface area contributed by atoms with Crippen LogP contribution in [0.5, 0.6) is 11.5 Å². The van der Waals surface area contributed by atoms with E-state index in [0.29, 0.717) is 49.7 Å². The van der Waals surface area contributed by atoms with Crippen molar-refractivity contribution in [3.63, 3.8) is 0 Å². The van der Waals surface area contributed by atoms with E-state index in [1.54, 1.807) is 123 Å². The van der Waals surface area contributed by atoms with Crippen molar-refractivity contribution in [2.24, 2.45) is 11.8 Å². The molecule has 0 bridgehead atoms. The highest BCUT2D eigenvalue weighted by molar-refractivity contribution is 6.38. The second-order valence-corrected chi connectivity index (χ2v) is 33.6. The quantitative estimate of drug-likeness (QED) is 0.0125. The zero-order chi connectivity index (χ0) is 90.1. The Morgan fingerprint density at radius 2 is 0.750 bits per heavy atom. The summed E-state index contributed by atoms with van der Waals surface area (Å²) in [5.41, 5.74) is 2.94. The minimum absolute atomic E-state index is 0.0746. The van der Waals surface area contributed by atoms with Gasteiger partial charge in [-0.1, -0.05) is 211 Å². The number of ether oxygens (including phenoxy) is 4. The molecule has 2 aliphatic carbocycles. The van der Waals surface area contributed by atoms with Crippen LogP contribution in [0, 0.1) is 11.8 Å². The number of benzene rings is 6. The molecular formula is C96H128N10O18. The summed E-state index contributed by atoms with van der Waals surface area (Å²) in [6.07, 6.45) is 11.3. The van der Waals surface area contributed by atoms with Gasteiger partial charge in [-0.2, -0.15) is 0 Å². The molecule has 11 N–H and O–H groups in total. The number of aliphatic hydroxyl groups excluding tert-OH is 1. The molecule has 6 aromatic carbocycles. The van der Waals surface area contributed by atoms with Crippen LogP contribution in [0.3, 0.4) is 0 Å². The summed E-state index contributed by atoms with van der Waals surface area (Å²) < 4.78 is 21.5. The molecule has 6 aromatic rings. The van der Waals surface area contributed by atoms with Gasteiger partial charge in [-0.3, -0.25) is 52.7 Å². The minimum Gasteiger partial charge on any atom is -0.497 e. The highest BCUT2D eigenvalue weighted by Crippen LogP contribution is 2.30. The maximum atomic E-state index is 14.2. The van der Waals surface area contributed by atoms with Crippen LogP contribution in [0.4, 0.5) is 0 Å². The SMILES string of the molecule is CCCC(NC(=O)C(Cc1ccccc1)NC(=O)C(NC(=O)CCCc1ccc(OC)cc1)C1CCCCC1)C(=O)C(=O)NCC(=O)NC(C(=O)OC(C)(C)C)c1ccccc1.CCCC(NC(=O)C(Cc1ccccc1)NC(=O)C(NC(=O)CCCc1ccc(OC)cc1)C1CCCCC1)C(O)C(=O)NCC(=O)NC(C(=O)OC(C)(C)C)c1ccccc1. The minimum atomic E-state index is -1.76. The maximum absolute atomic E-state index is 14.2. The number of ketones is 1. The lowest BCUT2D eigenvalue weighted by Crippen LogP contribution is -2.59. The Morgan fingerprint density at radius 3 is 1.12 bits per heavy atom. The molecule has 10 amide bonds. The number of aliphatic hydroxyl groups is 1. The average molecular weight is 1710 g/mol. The van der Waals surface area contributed by atoms with Crippen LogP contribution in [0.15, 0.2) is 170 Å². The molecule has 28 heteroatoms. The number of methoxy groups -OCH3 is 2. The third-order valence-electron chi connectivity index (χ3n) is 21.3. The third-order valence-corrected chi connectivity index (χ3v) is 21.3. The van der Waals surface area contributed by atoms with Gasteiger partial charge in [-0.05, 0) is 175 Å². The molecule has 0 aliphatic heterocycles. The number of aryl methyl sites for hydroxylation is 2. The van der Waals surface area contributed by atoms with Crippen LogP contribution in [0.25, 0.3) is 0 Å². The van der Waals surface area contributed by atoms with Gasteiger partial charge in [0.05, 0.1) is 39.4 Å². The Hall–Kier alpha value is -11.8. The summed E-state index contributed by atoms with van der Waals surface area (Å²) in [7, 11) is 3.21. The molecule has 9 unspecified atom stereocenters. The van der Waals surface area contributed by atoms with Crippen LogP contribution in [-0.2, 0) is 97.5 Å². The standard InChI is InChI=1S/C48H65N5O9.C48H63N5O9/c2*1-6-17-37(43(56)46(59)49-31-40(55)53-42(35-23-14-9-15-24-35)47(60)62-48(2,3)4)50-44(57)38(30-33-18-10-7-11-19-33)51-45(58)41(34-21-12-8-13-22-34)52-39(54)25-16-20-32-26-28-36(61-5)29-27-32/h7,9-11,14-15,18-19,23-24,26-29,34,37-38,41-43,56H,6,8,12-13,16-17,20-22,25,30-31H2,1-5H3,(H,49,59)(H,50,57)(H,51,58)(H,52,54)(H,53,55);7,9-11,14-15,18-19,23-24,26-29,34,37-38,41-42H,6,8,12-13,16-17,20-22,25,30-31H2,1-5H3,(H,49,59)(H,50,57)(H,51,58)(H,52,54)(H,53,55). The molecule has 124 heavy (non-hydrogen) atoms. The van der Waals surface area contributed by atoms with Crippen molar-refractivity contribution in [1.29, 1.82) is 0 Å². The van der Waals surface area contributed by atoms with Crippen molar-refractivity contribution in [2.45, 2.75) is 262 Å². The number of nitrogens with one attached hydrogen (secondary N) is 10. The number of amides is 10. The van der Waals surface area contributed by atoms with Gasteiger partial charge in [0.15, 0.2) is 18.2 Å². The van der Waals surface area contributed by atoms with E-state index in [1.807, 2.05) is 116 Å². The highest BCUT2D eigenvalue weighted by atomic mass is 16.6. The van der Waals surface area contributed by atoms with Crippen LogP contribution in [0.2, 0.25) is 0 Å². The summed E-state index contributed by atoms with van der Waals surface area (Å²) in [5, 5.41) is 38.5. The molecule has 670 valence electrons. The Balaban J connectivity index is 0.000000341. The molecule has 0 aromatic heterocycles. The van der Waals surface area contributed by atoms with Gasteiger partial charge in [0, 0.05) is 25.7 Å². The fourth-order valence-electron chi connectivity index (χ4n) is 14.9. The predicted molar refractivity (Wildman–Crippen MR) is 470 cm³/mol. The first-order valence-corrected chi connectivity index (χ1v) is 43.4. The number of carbonyl (C=O) groups is 13. The van der Waals surface area contributed by atoms with Gasteiger partial charge in [0.25, 0.3) is 11.8 Å². The van der Waals surface area contributed by atoms with Crippen molar-refractivity contribution in [2.75, 3.05) is 27.3 Å². The first kappa shape index (κ1) is 99.3. The summed E-state index contributed by atoms with van der Waals surface area (Å²) in [6.45, 7) is 12.6. The molecule has 0 radical (unpaired) electrons. The predicted octanol–water partition coefficient (Wildman–Crippen LogP) is 9.75. The number of rotatable bonds is 44. The molecule has 8 rings (SSSR count). The fraction of sp³-hybridized carbons (Fsp3) is 0.490. The zero-order valence-corrected chi connectivity index (χ0v) is 73.4. The first-order valence-electron chi connectivity index (χ1n) is 43.4. The van der Waals surface area contributed by atoms with Crippen molar-refractivity contribution < 1.29 is 86.4 Å². The first-order chi connectivity index (χ1) is 59.3. The van der Waals surface area contributed by atoms with E-state index in [1.165, 1.54) is 0 Å². The Bertz CT molecular complexity index is 4400. The molecule has 0 saturated heterocycles. The Morgan fingerprint density at radius 1 is 0.387 bits per heavy atom. The molecule has 2 fully saturated rings. The Kier molecular flexibility index (Phi) is 41.1. The molecule has 28 nitrogen and oxygen atoms in total. The molecule has 0 heterocycles. The summed E-state index contributed by atoms with van der Waals surface area (Å²) in [6, 6.07) is 41.9. The van der Waals surface area contributed by atoms with Crippen molar-refractivity contribution in [1.82, 2.24) is 53.2 Å². The maximum Gasteiger partial charge on any atom is 0.333 e. The van der Waals surface area contributed by atoms with Crippen LogP contribution < -0.4 is 62.6 Å². The second-order valence-electron chi connectivity index (χ2n) is 33.6. The molecule has 2 saturated carbocycles. The Labute approximate surface area is 728 Å². The van der Waals surface area contributed by atoms with Crippen molar-refractivity contribution in [3.8, 4) is 11.5 Å². The molecule has 0 spiro atoms. The molecular weight excluding hydrogens is 1580 g/mol. The summed E-state index contributed by atoms with van der Waals surface area (Å²) in [4.78, 5) is 176. The van der Waals surface area contributed by atoms with Gasteiger partial charge in [0.1, 0.15) is 46.9 Å². The topological polar surface area (TPSA) is 399 Å². The van der Waals surface area contributed by atoms with Crippen LogP contribution in [0.1, 0.15) is 216 Å². The number of Topliss-reactive ketones (excluding diaryl/α,β-unsaturated/α-hetero) is 1. The normalized spacial score (nSPS) is 15.1. The lowest BCUT2D eigenvalue weighted by molar-refractivity contribution is -0.159. The lowest BCUT2D eigenvalue weighted by atomic mass is 9.83. The monoisotopic (exact) mass is 1710 g/mol. The van der Waals surface area contributed by atoms with E-state index in [-0.39, 0.29) is 62.2 Å². The summed E-state index contributed by atoms with van der Waals surface area (Å²) in [5.74, 6) is -7.37. The van der Waals surface area contributed by atoms with Gasteiger partial charge in [0.2, 0.25) is 53.0 Å². The van der Waals surface area contributed by atoms with Crippen molar-refractivity contribution in [3.05, 3.63) is 203 Å². The fourth-order valence-corrected chi connectivity index (χ4v) is 14.9.